The first kappa shape index (κ1) is 12.5. The van der Waals surface area contributed by atoms with E-state index < -0.39 is 0 Å². The van der Waals surface area contributed by atoms with Crippen LogP contribution in [0.25, 0.3) is 0 Å². The molecule has 0 bridgehead atoms. The summed E-state index contributed by atoms with van der Waals surface area (Å²) in [7, 11) is 0. The molecule has 0 spiro atoms. The molecule has 0 N–H and O–H groups in total. The number of carbonyl (C=O) groups is 1. The third-order valence-corrected chi connectivity index (χ3v) is 2.94. The van der Waals surface area contributed by atoms with Gasteiger partial charge in [-0.25, -0.2) is 4.79 Å². The van der Waals surface area contributed by atoms with Crippen molar-refractivity contribution >= 4 is 33.5 Å². The Kier molecular flexibility index (Phi) is 4.61. The van der Waals surface area contributed by atoms with E-state index in [9.17, 15) is 4.79 Å². The topological polar surface area (TPSA) is 26.3 Å². The van der Waals surface area contributed by atoms with Crippen molar-refractivity contribution in [3.8, 4) is 0 Å². The van der Waals surface area contributed by atoms with Gasteiger partial charge < -0.3 is 4.74 Å². The lowest BCUT2D eigenvalue weighted by Gasteiger charge is -2.09. The molecule has 0 aromatic heterocycles. The van der Waals surface area contributed by atoms with Gasteiger partial charge in [-0.15, -0.1) is 0 Å². The summed E-state index contributed by atoms with van der Waals surface area (Å²) in [6.45, 7) is 4.04. The van der Waals surface area contributed by atoms with Gasteiger partial charge >= 0.3 is 5.97 Å². The molecule has 82 valence electrons. The molecule has 0 unspecified atom stereocenters. The number of hydrogen-bond donors (Lipinski definition) is 0. The summed E-state index contributed by atoms with van der Waals surface area (Å²) in [5.41, 5.74) is 2.46. The third-order valence-electron chi connectivity index (χ3n) is 2.12. The van der Waals surface area contributed by atoms with Crippen LogP contribution < -0.4 is 0 Å². The standard InChI is InChI=1S/C11H12BrClO2/c1-3-15-11(14)10-5-9(13)4-8(6-12)7(10)2/h4-5H,3,6H2,1-2H3. The van der Waals surface area contributed by atoms with Crippen molar-refractivity contribution in [2.45, 2.75) is 19.2 Å². The predicted molar refractivity (Wildman–Crippen MR) is 64.8 cm³/mol. The second-order valence-electron chi connectivity index (χ2n) is 3.09. The molecule has 1 aromatic carbocycles. The Hall–Kier alpha value is -0.540. The zero-order valence-corrected chi connectivity index (χ0v) is 11.0. The van der Waals surface area contributed by atoms with Crippen LogP contribution in [0.2, 0.25) is 5.02 Å². The fourth-order valence-corrected chi connectivity index (χ4v) is 2.12. The van der Waals surface area contributed by atoms with Crippen molar-refractivity contribution in [1.29, 1.82) is 0 Å². The Morgan fingerprint density at radius 3 is 2.73 bits per heavy atom. The number of rotatable bonds is 3. The van der Waals surface area contributed by atoms with E-state index in [2.05, 4.69) is 15.9 Å². The molecule has 0 saturated carbocycles. The number of hydrogen-bond acceptors (Lipinski definition) is 2. The average molecular weight is 292 g/mol. The van der Waals surface area contributed by atoms with Gasteiger partial charge in [0.2, 0.25) is 0 Å². The van der Waals surface area contributed by atoms with Gasteiger partial charge in [-0.05, 0) is 37.1 Å². The van der Waals surface area contributed by atoms with Crippen LogP contribution in [-0.2, 0) is 10.1 Å². The Bertz CT molecular complexity index is 377. The maximum atomic E-state index is 11.6. The molecule has 0 aliphatic carbocycles. The van der Waals surface area contributed by atoms with E-state index in [0.29, 0.717) is 22.5 Å². The normalized spacial score (nSPS) is 10.1. The van der Waals surface area contributed by atoms with E-state index in [0.717, 1.165) is 11.1 Å². The van der Waals surface area contributed by atoms with Gasteiger partial charge in [-0.2, -0.15) is 0 Å². The molecular formula is C11H12BrClO2. The van der Waals surface area contributed by atoms with Crippen molar-refractivity contribution in [3.63, 3.8) is 0 Å². The lowest BCUT2D eigenvalue weighted by atomic mass is 10.0. The minimum absolute atomic E-state index is 0.320. The molecule has 4 heteroatoms. The number of alkyl halides is 1. The summed E-state index contributed by atoms with van der Waals surface area (Å²) in [5, 5.41) is 1.23. The van der Waals surface area contributed by atoms with E-state index in [1.807, 2.05) is 13.0 Å². The van der Waals surface area contributed by atoms with E-state index in [-0.39, 0.29) is 5.97 Å². The summed E-state index contributed by atoms with van der Waals surface area (Å²) >= 11 is 9.27. The van der Waals surface area contributed by atoms with Gasteiger partial charge in [0.25, 0.3) is 0 Å². The van der Waals surface area contributed by atoms with E-state index >= 15 is 0 Å². The van der Waals surface area contributed by atoms with Crippen LogP contribution in [0.15, 0.2) is 12.1 Å². The number of ether oxygens (including phenoxy) is 1. The highest BCUT2D eigenvalue weighted by Gasteiger charge is 2.13. The van der Waals surface area contributed by atoms with Crippen molar-refractivity contribution in [3.05, 3.63) is 33.8 Å². The smallest absolute Gasteiger partial charge is 0.338 e. The summed E-state index contributed by atoms with van der Waals surface area (Å²) in [4.78, 5) is 11.6. The largest absolute Gasteiger partial charge is 0.462 e. The first-order chi connectivity index (χ1) is 7.10. The molecule has 0 aliphatic rings. The van der Waals surface area contributed by atoms with Crippen molar-refractivity contribution < 1.29 is 9.53 Å². The van der Waals surface area contributed by atoms with Gasteiger partial charge in [-0.1, -0.05) is 27.5 Å². The molecule has 0 radical (unpaired) electrons. The third kappa shape index (κ3) is 2.95. The minimum Gasteiger partial charge on any atom is -0.462 e. The summed E-state index contributed by atoms with van der Waals surface area (Å²) in [6, 6.07) is 3.48. The molecule has 0 atom stereocenters. The van der Waals surface area contributed by atoms with Crippen LogP contribution in [-0.4, -0.2) is 12.6 Å². The lowest BCUT2D eigenvalue weighted by molar-refractivity contribution is 0.0525. The Morgan fingerprint density at radius 2 is 2.20 bits per heavy atom. The highest BCUT2D eigenvalue weighted by Crippen LogP contribution is 2.23. The number of carbonyl (C=O) groups excluding carboxylic acids is 1. The molecule has 0 heterocycles. The highest BCUT2D eigenvalue weighted by atomic mass is 79.9. The monoisotopic (exact) mass is 290 g/mol. The fraction of sp³-hybridized carbons (Fsp3) is 0.364. The molecule has 0 fully saturated rings. The molecule has 1 rings (SSSR count). The molecule has 0 aliphatic heterocycles. The minimum atomic E-state index is -0.320. The van der Waals surface area contributed by atoms with Gasteiger partial charge in [0.15, 0.2) is 0 Å². The second-order valence-corrected chi connectivity index (χ2v) is 4.09. The maximum absolute atomic E-state index is 11.6. The molecule has 2 nitrogen and oxygen atoms in total. The SMILES string of the molecule is CCOC(=O)c1cc(Cl)cc(CBr)c1C. The Labute approximate surface area is 103 Å². The van der Waals surface area contributed by atoms with Crippen LogP contribution in [0.4, 0.5) is 0 Å². The Morgan fingerprint density at radius 1 is 1.53 bits per heavy atom. The van der Waals surface area contributed by atoms with E-state index in [1.165, 1.54) is 0 Å². The molecule has 1 aromatic rings. The molecule has 0 amide bonds. The zero-order chi connectivity index (χ0) is 11.4. The van der Waals surface area contributed by atoms with Crippen LogP contribution >= 0.6 is 27.5 Å². The van der Waals surface area contributed by atoms with Crippen LogP contribution in [0, 0.1) is 6.92 Å². The quantitative estimate of drug-likeness (QED) is 0.627. The van der Waals surface area contributed by atoms with Gasteiger partial charge in [0.1, 0.15) is 0 Å². The summed E-state index contributed by atoms with van der Waals surface area (Å²) in [6.07, 6.45) is 0. The highest BCUT2D eigenvalue weighted by molar-refractivity contribution is 9.08. The first-order valence-corrected chi connectivity index (χ1v) is 6.12. The van der Waals surface area contributed by atoms with E-state index in [1.54, 1.807) is 13.0 Å². The molecular weight excluding hydrogens is 279 g/mol. The van der Waals surface area contributed by atoms with Gasteiger partial charge in [0, 0.05) is 10.4 Å². The molecule has 15 heavy (non-hydrogen) atoms. The van der Waals surface area contributed by atoms with Crippen LogP contribution in [0.1, 0.15) is 28.4 Å². The van der Waals surface area contributed by atoms with Crippen LogP contribution in [0.3, 0.4) is 0 Å². The lowest BCUT2D eigenvalue weighted by Crippen LogP contribution is -2.08. The zero-order valence-electron chi connectivity index (χ0n) is 8.64. The number of halogens is 2. The van der Waals surface area contributed by atoms with Gasteiger partial charge in [0.05, 0.1) is 12.2 Å². The van der Waals surface area contributed by atoms with Gasteiger partial charge in [-0.3, -0.25) is 0 Å². The average Bonchev–Trinajstić information content (AvgIpc) is 2.21. The second kappa shape index (κ2) is 5.52. The van der Waals surface area contributed by atoms with E-state index in [4.69, 9.17) is 16.3 Å². The summed E-state index contributed by atoms with van der Waals surface area (Å²) < 4.78 is 4.95. The van der Waals surface area contributed by atoms with Crippen molar-refractivity contribution in [1.82, 2.24) is 0 Å². The van der Waals surface area contributed by atoms with Crippen LogP contribution in [0.5, 0.6) is 0 Å². The fourth-order valence-electron chi connectivity index (χ4n) is 1.30. The van der Waals surface area contributed by atoms with Crippen molar-refractivity contribution in [2.24, 2.45) is 0 Å². The molecule has 0 saturated heterocycles. The first-order valence-electron chi connectivity index (χ1n) is 4.62. The van der Waals surface area contributed by atoms with Crippen molar-refractivity contribution in [2.75, 3.05) is 6.61 Å². The number of esters is 1. The predicted octanol–water partition coefficient (Wildman–Crippen LogP) is 3.72. The maximum Gasteiger partial charge on any atom is 0.338 e. The summed E-state index contributed by atoms with van der Waals surface area (Å²) in [5.74, 6) is -0.320. The Balaban J connectivity index is 3.17. The number of benzene rings is 1.